The lowest BCUT2D eigenvalue weighted by atomic mass is 10.1. The Morgan fingerprint density at radius 3 is 2.18 bits per heavy atom. The van der Waals surface area contributed by atoms with Gasteiger partial charge in [-0.05, 0) is 39.0 Å². The second-order valence-corrected chi connectivity index (χ2v) is 5.18. The van der Waals surface area contributed by atoms with Gasteiger partial charge in [0.15, 0.2) is 0 Å². The van der Waals surface area contributed by atoms with Gasteiger partial charge in [0, 0.05) is 6.08 Å². The van der Waals surface area contributed by atoms with Crippen molar-refractivity contribution in [2.75, 3.05) is 6.61 Å². The average Bonchev–Trinajstić information content (AvgIpc) is 2.51. The Hall–Kier alpha value is -1.57. The minimum absolute atomic E-state index is 0.294. The van der Waals surface area contributed by atoms with E-state index in [1.165, 1.54) is 44.6 Å². The molecule has 0 rings (SSSR count). The Morgan fingerprint density at radius 2 is 1.45 bits per heavy atom. The maximum Gasteiger partial charge on any atom is 0.330 e. The molecule has 0 saturated carbocycles. The van der Waals surface area contributed by atoms with E-state index in [0.29, 0.717) is 6.61 Å². The van der Waals surface area contributed by atoms with Crippen molar-refractivity contribution in [3.63, 3.8) is 0 Å². The van der Waals surface area contributed by atoms with Crippen LogP contribution in [0.15, 0.2) is 48.6 Å². The van der Waals surface area contributed by atoms with E-state index in [0.717, 1.165) is 12.8 Å². The maximum absolute atomic E-state index is 11.0. The Labute approximate surface area is 136 Å². The molecule has 0 radical (unpaired) electrons. The summed E-state index contributed by atoms with van der Waals surface area (Å²) in [6, 6.07) is 0. The number of ether oxygens (including phenoxy) is 1. The highest BCUT2D eigenvalue weighted by Gasteiger charge is 1.89. The van der Waals surface area contributed by atoms with Crippen molar-refractivity contribution in [2.45, 2.75) is 65.2 Å². The zero-order valence-electron chi connectivity index (χ0n) is 14.3. The molecule has 0 N–H and O–H groups in total. The molecule has 0 aromatic rings. The minimum Gasteiger partial charge on any atom is -0.463 e. The van der Waals surface area contributed by atoms with Crippen LogP contribution in [0, 0.1) is 0 Å². The summed E-state index contributed by atoms with van der Waals surface area (Å²) in [5, 5.41) is 0. The van der Waals surface area contributed by atoms with E-state index in [4.69, 9.17) is 4.74 Å². The predicted octanol–water partition coefficient (Wildman–Crippen LogP) is 5.92. The number of hydrogen-bond acceptors (Lipinski definition) is 2. The Balaban J connectivity index is 3.47. The first kappa shape index (κ1) is 20.4. The lowest BCUT2D eigenvalue weighted by Crippen LogP contribution is -1.98. The van der Waals surface area contributed by atoms with Gasteiger partial charge < -0.3 is 4.74 Å². The van der Waals surface area contributed by atoms with Crippen LogP contribution in [0.1, 0.15) is 65.2 Å². The van der Waals surface area contributed by atoms with Crippen molar-refractivity contribution in [1.29, 1.82) is 0 Å². The topological polar surface area (TPSA) is 26.3 Å². The fourth-order valence-electron chi connectivity index (χ4n) is 1.91. The standard InChI is InChI=1S/C20H32O2/c1-3-5-6-7-8-9-10-11-12-13-14-15-16-17-18-19-20(21)22-4-2/h9-10,14-19H,3-8,11-13H2,1-2H3/b10-9-,15-14+,17-16+,19-18+. The molecular weight excluding hydrogens is 272 g/mol. The second kappa shape index (κ2) is 17.5. The SMILES string of the molecule is CCCCCC/C=C\CCC/C=C/C=C/C=C/C(=O)OCC. The highest BCUT2D eigenvalue weighted by Crippen LogP contribution is 2.04. The quantitative estimate of drug-likeness (QED) is 0.139. The molecule has 124 valence electrons. The van der Waals surface area contributed by atoms with Gasteiger partial charge in [0.2, 0.25) is 0 Å². The number of rotatable bonds is 13. The van der Waals surface area contributed by atoms with Crippen LogP contribution >= 0.6 is 0 Å². The number of carbonyl (C=O) groups excluding carboxylic acids is 1. The molecule has 0 amide bonds. The fourth-order valence-corrected chi connectivity index (χ4v) is 1.91. The van der Waals surface area contributed by atoms with Crippen molar-refractivity contribution < 1.29 is 9.53 Å². The monoisotopic (exact) mass is 304 g/mol. The summed E-state index contributed by atoms with van der Waals surface area (Å²) in [6.45, 7) is 4.46. The molecule has 0 heterocycles. The van der Waals surface area contributed by atoms with E-state index >= 15 is 0 Å². The zero-order valence-corrected chi connectivity index (χ0v) is 14.3. The van der Waals surface area contributed by atoms with Gasteiger partial charge in [-0.3, -0.25) is 0 Å². The smallest absolute Gasteiger partial charge is 0.330 e. The van der Waals surface area contributed by atoms with Gasteiger partial charge in [-0.25, -0.2) is 4.79 Å². The van der Waals surface area contributed by atoms with E-state index in [9.17, 15) is 4.79 Å². The summed E-state index contributed by atoms with van der Waals surface area (Å²) in [4.78, 5) is 11.0. The van der Waals surface area contributed by atoms with Crippen molar-refractivity contribution in [3.05, 3.63) is 48.6 Å². The van der Waals surface area contributed by atoms with E-state index in [1.807, 2.05) is 18.2 Å². The van der Waals surface area contributed by atoms with E-state index in [1.54, 1.807) is 13.0 Å². The molecular formula is C20H32O2. The number of unbranched alkanes of at least 4 members (excludes halogenated alkanes) is 6. The summed E-state index contributed by atoms with van der Waals surface area (Å²) in [5.74, 6) is -0.294. The summed E-state index contributed by atoms with van der Waals surface area (Å²) in [6.07, 6.45) is 25.7. The predicted molar refractivity (Wildman–Crippen MR) is 95.8 cm³/mol. The first-order valence-corrected chi connectivity index (χ1v) is 8.62. The van der Waals surface area contributed by atoms with Crippen LogP contribution in [-0.4, -0.2) is 12.6 Å². The summed E-state index contributed by atoms with van der Waals surface area (Å²) in [7, 11) is 0. The molecule has 2 heteroatoms. The largest absolute Gasteiger partial charge is 0.463 e. The first-order chi connectivity index (χ1) is 10.8. The number of allylic oxidation sites excluding steroid dienone is 7. The van der Waals surface area contributed by atoms with E-state index in [2.05, 4.69) is 25.2 Å². The van der Waals surface area contributed by atoms with Gasteiger partial charge in [-0.2, -0.15) is 0 Å². The molecule has 2 nitrogen and oxygen atoms in total. The lowest BCUT2D eigenvalue weighted by Gasteiger charge is -1.94. The third kappa shape index (κ3) is 16.5. The molecule has 0 spiro atoms. The third-order valence-corrected chi connectivity index (χ3v) is 3.12. The van der Waals surface area contributed by atoms with Crippen molar-refractivity contribution in [2.24, 2.45) is 0 Å². The van der Waals surface area contributed by atoms with Crippen LogP contribution in [0.3, 0.4) is 0 Å². The Morgan fingerprint density at radius 1 is 0.773 bits per heavy atom. The van der Waals surface area contributed by atoms with Crippen molar-refractivity contribution >= 4 is 5.97 Å². The number of hydrogen-bond donors (Lipinski definition) is 0. The molecule has 0 bridgehead atoms. The lowest BCUT2D eigenvalue weighted by molar-refractivity contribution is -0.137. The molecule has 0 aliphatic carbocycles. The average molecular weight is 304 g/mol. The Kier molecular flexibility index (Phi) is 16.2. The minimum atomic E-state index is -0.294. The zero-order chi connectivity index (χ0) is 16.3. The van der Waals surface area contributed by atoms with Gasteiger partial charge in [-0.1, -0.05) is 68.7 Å². The molecule has 0 unspecified atom stereocenters. The van der Waals surface area contributed by atoms with Gasteiger partial charge in [0.1, 0.15) is 0 Å². The van der Waals surface area contributed by atoms with Crippen LogP contribution in [0.5, 0.6) is 0 Å². The van der Waals surface area contributed by atoms with Crippen LogP contribution in [0.2, 0.25) is 0 Å². The summed E-state index contributed by atoms with van der Waals surface area (Å²) >= 11 is 0. The molecule has 0 aliphatic rings. The summed E-state index contributed by atoms with van der Waals surface area (Å²) in [5.41, 5.74) is 0. The maximum atomic E-state index is 11.0. The van der Waals surface area contributed by atoms with Crippen LogP contribution < -0.4 is 0 Å². The molecule has 0 saturated heterocycles. The van der Waals surface area contributed by atoms with Crippen LogP contribution in [-0.2, 0) is 9.53 Å². The van der Waals surface area contributed by atoms with E-state index in [-0.39, 0.29) is 5.97 Å². The molecule has 22 heavy (non-hydrogen) atoms. The number of esters is 1. The van der Waals surface area contributed by atoms with Gasteiger partial charge in [0.05, 0.1) is 6.61 Å². The first-order valence-electron chi connectivity index (χ1n) is 8.62. The van der Waals surface area contributed by atoms with Gasteiger partial charge in [-0.15, -0.1) is 0 Å². The molecule has 0 aliphatic heterocycles. The normalized spacial score (nSPS) is 12.3. The van der Waals surface area contributed by atoms with E-state index < -0.39 is 0 Å². The molecule has 0 aromatic carbocycles. The summed E-state index contributed by atoms with van der Waals surface area (Å²) < 4.78 is 4.78. The van der Waals surface area contributed by atoms with Crippen LogP contribution in [0.4, 0.5) is 0 Å². The number of carbonyl (C=O) groups is 1. The molecule has 0 fully saturated rings. The van der Waals surface area contributed by atoms with Gasteiger partial charge in [0.25, 0.3) is 0 Å². The third-order valence-electron chi connectivity index (χ3n) is 3.12. The highest BCUT2D eigenvalue weighted by atomic mass is 16.5. The molecule has 0 atom stereocenters. The fraction of sp³-hybridized carbons (Fsp3) is 0.550. The van der Waals surface area contributed by atoms with Gasteiger partial charge >= 0.3 is 5.97 Å². The second-order valence-electron chi connectivity index (χ2n) is 5.18. The molecule has 0 aromatic heterocycles. The van der Waals surface area contributed by atoms with Crippen LogP contribution in [0.25, 0.3) is 0 Å². The highest BCUT2D eigenvalue weighted by molar-refractivity contribution is 5.82. The Bertz CT molecular complexity index is 362. The van der Waals surface area contributed by atoms with Crippen molar-refractivity contribution in [1.82, 2.24) is 0 Å². The van der Waals surface area contributed by atoms with Crippen molar-refractivity contribution in [3.8, 4) is 0 Å².